The van der Waals surface area contributed by atoms with Crippen LogP contribution in [0, 0.1) is 0 Å². The largest absolute Gasteiger partial charge is 0.497 e. The molecule has 3 aromatic carbocycles. The van der Waals surface area contributed by atoms with Crippen molar-refractivity contribution < 1.29 is 19.3 Å². The number of hydrogen-bond acceptors (Lipinski definition) is 5. The van der Waals surface area contributed by atoms with Crippen molar-refractivity contribution in [2.45, 2.75) is 49.7 Å². The molecule has 3 aromatic rings. The summed E-state index contributed by atoms with van der Waals surface area (Å²) < 4.78 is 16.5. The molecule has 0 aliphatic heterocycles. The van der Waals surface area contributed by atoms with Gasteiger partial charge in [-0.2, -0.15) is 0 Å². The van der Waals surface area contributed by atoms with Gasteiger partial charge < -0.3 is 24.6 Å². The third kappa shape index (κ3) is 6.77. The molecule has 2 N–H and O–H groups in total. The Balaban J connectivity index is 1.49. The summed E-state index contributed by atoms with van der Waals surface area (Å²) in [5.41, 5.74) is 2.49. The molecular formula is C30H37NO4. The highest BCUT2D eigenvalue weighted by Crippen LogP contribution is 2.41. The van der Waals surface area contributed by atoms with Gasteiger partial charge in [0.2, 0.25) is 0 Å². The smallest absolute Gasteiger partial charge is 0.119 e. The molecule has 5 nitrogen and oxygen atoms in total. The van der Waals surface area contributed by atoms with Crippen LogP contribution in [0.4, 0.5) is 0 Å². The van der Waals surface area contributed by atoms with E-state index in [1.54, 1.807) is 14.2 Å². The lowest BCUT2D eigenvalue weighted by atomic mass is 9.78. The van der Waals surface area contributed by atoms with E-state index in [1.807, 2.05) is 54.6 Å². The van der Waals surface area contributed by atoms with Gasteiger partial charge in [0, 0.05) is 18.0 Å². The minimum Gasteiger partial charge on any atom is -0.497 e. The van der Waals surface area contributed by atoms with E-state index >= 15 is 0 Å². The van der Waals surface area contributed by atoms with Gasteiger partial charge in [-0.15, -0.1) is 0 Å². The lowest BCUT2D eigenvalue weighted by Crippen LogP contribution is -2.48. The van der Waals surface area contributed by atoms with Gasteiger partial charge in [0.15, 0.2) is 0 Å². The number of rotatable bonds is 12. The molecule has 35 heavy (non-hydrogen) atoms. The predicted octanol–water partition coefficient (Wildman–Crippen LogP) is 5.57. The second-order valence-electron chi connectivity index (χ2n) is 9.45. The molecule has 186 valence electrons. The predicted molar refractivity (Wildman–Crippen MR) is 140 cm³/mol. The van der Waals surface area contributed by atoms with Crippen LogP contribution in [-0.4, -0.2) is 44.1 Å². The average molecular weight is 476 g/mol. The third-order valence-corrected chi connectivity index (χ3v) is 7.09. The molecule has 0 aromatic heterocycles. The number of β-amino-alcohol motifs (C(OH)–C–C–N with tert-alkyl or cyclic N) is 1. The Bertz CT molecular complexity index is 967. The molecule has 0 saturated heterocycles. The molecule has 1 saturated carbocycles. The molecule has 0 amide bonds. The Morgan fingerprint density at radius 2 is 1.31 bits per heavy atom. The maximum atomic E-state index is 10.7. The van der Waals surface area contributed by atoms with Gasteiger partial charge >= 0.3 is 0 Å². The molecule has 1 fully saturated rings. The summed E-state index contributed by atoms with van der Waals surface area (Å²) in [7, 11) is 3.39. The van der Waals surface area contributed by atoms with Gasteiger partial charge in [0.1, 0.15) is 30.0 Å². The lowest BCUT2D eigenvalue weighted by Gasteiger charge is -2.36. The van der Waals surface area contributed by atoms with Crippen molar-refractivity contribution in [1.82, 2.24) is 5.32 Å². The molecule has 5 heteroatoms. The fraction of sp³-hybridized carbons (Fsp3) is 0.400. The molecule has 4 rings (SSSR count). The summed E-state index contributed by atoms with van der Waals surface area (Å²) in [6, 6.07) is 26.4. The van der Waals surface area contributed by atoms with Crippen molar-refractivity contribution in [3.8, 4) is 17.2 Å². The zero-order valence-corrected chi connectivity index (χ0v) is 20.8. The van der Waals surface area contributed by atoms with E-state index in [1.165, 1.54) is 24.0 Å². The van der Waals surface area contributed by atoms with Crippen molar-refractivity contribution in [2.75, 3.05) is 27.4 Å². The molecule has 1 aliphatic rings. The van der Waals surface area contributed by atoms with E-state index in [9.17, 15) is 5.11 Å². The summed E-state index contributed by atoms with van der Waals surface area (Å²) in [6.07, 6.45) is 4.97. The van der Waals surface area contributed by atoms with Crippen molar-refractivity contribution in [3.05, 3.63) is 90.0 Å². The minimum atomic E-state index is -0.576. The van der Waals surface area contributed by atoms with Gasteiger partial charge in [-0.25, -0.2) is 0 Å². The Labute approximate surface area is 209 Å². The average Bonchev–Trinajstić information content (AvgIpc) is 3.39. The van der Waals surface area contributed by atoms with E-state index in [-0.39, 0.29) is 18.1 Å². The van der Waals surface area contributed by atoms with Crippen LogP contribution in [0.15, 0.2) is 78.9 Å². The minimum absolute atomic E-state index is 0.0295. The maximum Gasteiger partial charge on any atom is 0.119 e. The Hall–Kier alpha value is -3.02. The lowest BCUT2D eigenvalue weighted by molar-refractivity contribution is 0.0949. The number of methoxy groups -OCH3 is 2. The van der Waals surface area contributed by atoms with Gasteiger partial charge in [-0.3, -0.25) is 0 Å². The van der Waals surface area contributed by atoms with E-state index in [0.717, 1.165) is 36.5 Å². The van der Waals surface area contributed by atoms with Crippen molar-refractivity contribution in [2.24, 2.45) is 0 Å². The number of ether oxygens (including phenoxy) is 3. The number of aliphatic hydroxyl groups excluding tert-OH is 1. The summed E-state index contributed by atoms with van der Waals surface area (Å²) in [5.74, 6) is 2.71. The highest BCUT2D eigenvalue weighted by Gasteiger charge is 2.37. The number of aliphatic hydroxyl groups is 1. The van der Waals surface area contributed by atoms with Gasteiger partial charge in [-0.1, -0.05) is 55.3 Å². The Kier molecular flexibility index (Phi) is 8.67. The second kappa shape index (κ2) is 12.1. The van der Waals surface area contributed by atoms with Crippen LogP contribution in [0.5, 0.6) is 17.2 Å². The number of benzene rings is 3. The van der Waals surface area contributed by atoms with E-state index in [0.29, 0.717) is 6.54 Å². The normalized spacial score (nSPS) is 15.7. The van der Waals surface area contributed by atoms with Crippen molar-refractivity contribution in [1.29, 1.82) is 0 Å². The molecular weight excluding hydrogens is 438 g/mol. The first-order chi connectivity index (χ1) is 17.1. The van der Waals surface area contributed by atoms with E-state index < -0.39 is 6.10 Å². The van der Waals surface area contributed by atoms with Crippen LogP contribution in [0.3, 0.4) is 0 Å². The quantitative estimate of drug-likeness (QED) is 0.359. The fourth-order valence-electron chi connectivity index (χ4n) is 5.10. The fourth-order valence-corrected chi connectivity index (χ4v) is 5.10. The highest BCUT2D eigenvalue weighted by atomic mass is 16.5. The maximum absolute atomic E-state index is 10.7. The number of hydrogen-bond donors (Lipinski definition) is 2. The van der Waals surface area contributed by atoms with E-state index in [4.69, 9.17) is 14.2 Å². The number of para-hydroxylation sites is 1. The zero-order chi connectivity index (χ0) is 24.5. The standard InChI is InChI=1S/C30H37NO4/c1-33-26-14-10-23(11-15-26)29(24-12-16-27(34-2)17-13-24)20-30(18-6-7-19-30)31-21-25(32)22-35-28-8-4-3-5-9-28/h3-5,8-17,25,29,31-32H,6-7,18-22H2,1-2H3/t25-/m0/s1. The van der Waals surface area contributed by atoms with Crippen molar-refractivity contribution >= 4 is 0 Å². The van der Waals surface area contributed by atoms with Crippen LogP contribution in [-0.2, 0) is 0 Å². The van der Waals surface area contributed by atoms with Gasteiger partial charge in [0.25, 0.3) is 0 Å². The Morgan fingerprint density at radius 1 is 0.771 bits per heavy atom. The molecule has 0 spiro atoms. The third-order valence-electron chi connectivity index (χ3n) is 7.09. The monoisotopic (exact) mass is 475 g/mol. The van der Waals surface area contributed by atoms with Gasteiger partial charge in [0.05, 0.1) is 14.2 Å². The zero-order valence-electron chi connectivity index (χ0n) is 20.8. The highest BCUT2D eigenvalue weighted by molar-refractivity contribution is 5.39. The molecule has 0 bridgehead atoms. The van der Waals surface area contributed by atoms with Crippen LogP contribution < -0.4 is 19.5 Å². The van der Waals surface area contributed by atoms with Crippen molar-refractivity contribution in [3.63, 3.8) is 0 Å². The molecule has 0 unspecified atom stereocenters. The van der Waals surface area contributed by atoms with Crippen LogP contribution >= 0.6 is 0 Å². The summed E-state index contributed by atoms with van der Waals surface area (Å²) in [4.78, 5) is 0. The Morgan fingerprint density at radius 3 is 1.83 bits per heavy atom. The van der Waals surface area contributed by atoms with E-state index in [2.05, 4.69) is 29.6 Å². The number of nitrogens with one attached hydrogen (secondary N) is 1. The van der Waals surface area contributed by atoms with Crippen LogP contribution in [0.2, 0.25) is 0 Å². The van der Waals surface area contributed by atoms with Crippen LogP contribution in [0.25, 0.3) is 0 Å². The molecule has 1 atom stereocenters. The first-order valence-corrected chi connectivity index (χ1v) is 12.5. The molecule has 1 aliphatic carbocycles. The summed E-state index contributed by atoms with van der Waals surface area (Å²) in [6.45, 7) is 0.776. The first kappa shape index (κ1) is 25.1. The second-order valence-corrected chi connectivity index (χ2v) is 9.45. The molecule has 0 heterocycles. The van der Waals surface area contributed by atoms with Gasteiger partial charge in [-0.05, 0) is 66.8 Å². The van der Waals surface area contributed by atoms with Crippen LogP contribution in [0.1, 0.15) is 49.1 Å². The first-order valence-electron chi connectivity index (χ1n) is 12.5. The molecule has 0 radical (unpaired) electrons. The topological polar surface area (TPSA) is 60.0 Å². The summed E-state index contributed by atoms with van der Waals surface area (Å²) in [5, 5.41) is 14.4. The SMILES string of the molecule is COc1ccc(C(CC2(NC[C@H](O)COc3ccccc3)CCCC2)c2ccc(OC)cc2)cc1. The summed E-state index contributed by atoms with van der Waals surface area (Å²) >= 11 is 0.